The van der Waals surface area contributed by atoms with Crippen LogP contribution in [0.15, 0.2) is 15.8 Å². The van der Waals surface area contributed by atoms with E-state index in [2.05, 4.69) is 27.7 Å². The Morgan fingerprint density at radius 3 is 1.72 bits per heavy atom. The number of phosphoric ester groups is 1. The molecule has 0 bridgehead atoms. The van der Waals surface area contributed by atoms with Crippen molar-refractivity contribution >= 4 is 27.4 Å². The van der Waals surface area contributed by atoms with Gasteiger partial charge in [0.2, 0.25) is 0 Å². The van der Waals surface area contributed by atoms with Gasteiger partial charge in [-0.15, -0.1) is 0 Å². The second-order valence-electron chi connectivity index (χ2n) is 15.8. The normalized spacial score (nSPS) is 17.4. The minimum atomic E-state index is -5.18. The minimum absolute atomic E-state index is 0.261. The number of carbonyl (C=O) groups excluding carboxylic acids is 2. The predicted octanol–water partition coefficient (Wildman–Crippen LogP) is 7.97. The van der Waals surface area contributed by atoms with Crippen molar-refractivity contribution in [1.29, 1.82) is 0 Å². The number of aliphatic hydroxyl groups is 2. The van der Waals surface area contributed by atoms with Crippen LogP contribution in [0.2, 0.25) is 0 Å². The van der Waals surface area contributed by atoms with Crippen LogP contribution in [0.3, 0.4) is 0 Å². The van der Waals surface area contributed by atoms with Crippen LogP contribution in [0.25, 0.3) is 0 Å². The summed E-state index contributed by atoms with van der Waals surface area (Å²) in [6, 6.07) is 0. The second kappa shape index (κ2) is 32.6. The van der Waals surface area contributed by atoms with E-state index in [-0.39, 0.29) is 18.6 Å². The van der Waals surface area contributed by atoms with Crippen molar-refractivity contribution in [2.45, 2.75) is 212 Å². The quantitative estimate of drug-likeness (QED) is 0.0218. The first-order chi connectivity index (χ1) is 28.5. The van der Waals surface area contributed by atoms with Crippen LogP contribution in [0.1, 0.15) is 193 Å². The van der Waals surface area contributed by atoms with Gasteiger partial charge in [-0.25, -0.2) is 13.9 Å². The maximum absolute atomic E-state index is 12.6. The lowest BCUT2D eigenvalue weighted by Gasteiger charge is -2.20. The highest BCUT2D eigenvalue weighted by Gasteiger charge is 2.35. The number of ether oxygens (including phenoxy) is 2. The summed E-state index contributed by atoms with van der Waals surface area (Å²) in [5.74, 6) is -0.726. The van der Waals surface area contributed by atoms with Gasteiger partial charge < -0.3 is 34.4 Å². The van der Waals surface area contributed by atoms with Crippen LogP contribution >= 0.6 is 15.6 Å². The van der Waals surface area contributed by atoms with Crippen LogP contribution in [-0.4, -0.2) is 77.7 Å². The lowest BCUT2D eigenvalue weighted by atomic mass is 10.0. The molecule has 5 atom stereocenters. The van der Waals surface area contributed by atoms with E-state index in [1.54, 1.807) is 0 Å². The van der Waals surface area contributed by atoms with Crippen molar-refractivity contribution in [3.8, 4) is 0 Å². The summed E-state index contributed by atoms with van der Waals surface area (Å²) in [5, 5.41) is 19.3. The third-order valence-electron chi connectivity index (χ3n) is 10.3. The molecule has 0 aliphatic carbocycles. The number of aryl methyl sites for hydroxylation is 1. The molecule has 0 amide bonds. The van der Waals surface area contributed by atoms with E-state index in [4.69, 9.17) is 19.3 Å². The number of nitrogens with one attached hydrogen (secondary N) is 1. The Bertz CT molecular complexity index is 1530. The first kappa shape index (κ1) is 56.0. The summed E-state index contributed by atoms with van der Waals surface area (Å²) in [5.41, 5.74) is -0.854. The fourth-order valence-electron chi connectivity index (χ4n) is 6.84. The van der Waals surface area contributed by atoms with Gasteiger partial charge in [0, 0.05) is 24.6 Å². The molecule has 6 N–H and O–H groups in total. The largest absolute Gasteiger partial charge is 0.481 e. The van der Waals surface area contributed by atoms with Crippen molar-refractivity contribution in [3.63, 3.8) is 0 Å². The molecule has 1 aliphatic heterocycles. The van der Waals surface area contributed by atoms with E-state index in [1.165, 1.54) is 120 Å². The van der Waals surface area contributed by atoms with Gasteiger partial charge in [-0.2, -0.15) is 4.31 Å². The van der Waals surface area contributed by atoms with Gasteiger partial charge in [-0.3, -0.25) is 28.5 Å². The fraction of sp³-hybridized carbons (Fsp3) is 0.854. The Balaban J connectivity index is 0.000000646. The molecule has 3 unspecified atom stereocenters. The zero-order chi connectivity index (χ0) is 44.8. The molecule has 0 spiro atoms. The summed E-state index contributed by atoms with van der Waals surface area (Å²) >= 11 is 0. The van der Waals surface area contributed by atoms with Gasteiger partial charge in [-0.1, -0.05) is 142 Å². The number of rotatable bonds is 34. The number of esters is 1. The molecular weight excluding hydrogens is 822 g/mol. The van der Waals surface area contributed by atoms with Gasteiger partial charge in [0.25, 0.3) is 5.56 Å². The first-order valence-corrected chi connectivity index (χ1v) is 25.3. The SMILES string of the molecule is CCCCCCCCCCCCCC(=O)OC(C(=O)CCCCCCCCCCCCC)C(O)CO.Cc1cn([C@H]2CC[C@@H](COP(=O)(O)OP(=O)(O)O)O2)c(=O)[nH]c1=O. The van der Waals surface area contributed by atoms with Gasteiger partial charge in [0.15, 0.2) is 11.9 Å². The maximum atomic E-state index is 12.6. The van der Waals surface area contributed by atoms with E-state index in [1.807, 2.05) is 0 Å². The zero-order valence-electron chi connectivity index (χ0n) is 36.3. The molecule has 0 radical (unpaired) electrons. The number of aromatic amines is 1. The summed E-state index contributed by atoms with van der Waals surface area (Å²) in [4.78, 5) is 76.2. The average molecular weight is 899 g/mol. The molecular formula is C41H76N2O15P2. The molecule has 17 nitrogen and oxygen atoms in total. The standard InChI is InChI=1S/C31H60O5.C10H16N2O10P2/c1-3-5-7-9-11-13-15-17-19-21-23-25-28(33)31(29(34)27-32)36-30(35)26-24-22-20-18-16-14-12-10-8-6-4-2;1-6-4-12(10(14)11-9(6)13)8-3-2-7(21-8)5-20-24(18,19)22-23(15,16)17/h29,31-32,34H,3-27H2,1-2H3;4,7-8H,2-3,5H2,1H3,(H,18,19)(H,11,13,14)(H2,15,16,17)/t;7-,8+/m.0/s1. The Morgan fingerprint density at radius 1 is 0.783 bits per heavy atom. The molecule has 350 valence electrons. The number of phosphoric acid groups is 2. The van der Waals surface area contributed by atoms with Gasteiger partial charge in [0.1, 0.15) is 12.3 Å². The number of ketones is 1. The number of unbranched alkanes of at least 4 members (excludes halogenated alkanes) is 20. The smallest absolute Gasteiger partial charge is 0.451 e. The van der Waals surface area contributed by atoms with E-state index in [9.17, 15) is 43.4 Å². The van der Waals surface area contributed by atoms with Crippen LogP contribution < -0.4 is 11.2 Å². The van der Waals surface area contributed by atoms with Crippen LogP contribution in [-0.2, 0) is 37.0 Å². The minimum Gasteiger partial charge on any atom is -0.451 e. The number of hydrogen-bond donors (Lipinski definition) is 6. The summed E-state index contributed by atoms with van der Waals surface area (Å²) in [6.07, 6.45) is 25.1. The number of Topliss-reactive ketones (excluding diaryl/α,β-unsaturated/α-hetero) is 1. The molecule has 1 aromatic heterocycles. The molecule has 1 fully saturated rings. The molecule has 2 rings (SSSR count). The number of aliphatic hydroxyl groups excluding tert-OH is 2. The number of nitrogens with zero attached hydrogens (tertiary/aromatic N) is 1. The Morgan fingerprint density at radius 2 is 1.25 bits per heavy atom. The molecule has 1 aromatic rings. The van der Waals surface area contributed by atoms with Crippen LogP contribution in [0.5, 0.6) is 0 Å². The molecule has 60 heavy (non-hydrogen) atoms. The summed E-state index contributed by atoms with van der Waals surface area (Å²) < 4.78 is 42.0. The zero-order valence-corrected chi connectivity index (χ0v) is 38.1. The summed E-state index contributed by atoms with van der Waals surface area (Å²) in [6.45, 7) is 4.94. The van der Waals surface area contributed by atoms with Crippen molar-refractivity contribution in [1.82, 2.24) is 9.55 Å². The highest BCUT2D eigenvalue weighted by molar-refractivity contribution is 7.60. The van der Waals surface area contributed by atoms with Crippen LogP contribution in [0, 0.1) is 6.92 Å². The highest BCUT2D eigenvalue weighted by Crippen LogP contribution is 2.57. The number of hydrogen-bond acceptors (Lipinski definition) is 12. The van der Waals surface area contributed by atoms with Gasteiger partial charge in [0.05, 0.1) is 19.3 Å². The van der Waals surface area contributed by atoms with Crippen molar-refractivity contribution in [2.24, 2.45) is 0 Å². The van der Waals surface area contributed by atoms with Crippen molar-refractivity contribution in [3.05, 3.63) is 32.6 Å². The topological polar surface area (TPSA) is 261 Å². The number of carbonyl (C=O) groups is 2. The van der Waals surface area contributed by atoms with Crippen molar-refractivity contribution in [2.75, 3.05) is 13.2 Å². The molecule has 19 heteroatoms. The van der Waals surface area contributed by atoms with E-state index < -0.39 is 70.6 Å². The van der Waals surface area contributed by atoms with Crippen molar-refractivity contribution < 1.29 is 61.9 Å². The average Bonchev–Trinajstić information content (AvgIpc) is 3.66. The Kier molecular flexibility index (Phi) is 30.4. The van der Waals surface area contributed by atoms with E-state index >= 15 is 0 Å². The monoisotopic (exact) mass is 898 g/mol. The van der Waals surface area contributed by atoms with E-state index in [0.29, 0.717) is 18.4 Å². The molecule has 2 heterocycles. The molecule has 0 aromatic carbocycles. The first-order valence-electron chi connectivity index (χ1n) is 22.3. The third kappa shape index (κ3) is 27.1. The lowest BCUT2D eigenvalue weighted by Crippen LogP contribution is -2.40. The highest BCUT2D eigenvalue weighted by atomic mass is 31.3. The molecule has 1 saturated heterocycles. The Labute approximate surface area is 356 Å². The van der Waals surface area contributed by atoms with E-state index in [0.717, 1.165) is 38.5 Å². The van der Waals surface area contributed by atoms with Crippen LogP contribution in [0.4, 0.5) is 0 Å². The maximum Gasteiger partial charge on any atom is 0.481 e. The van der Waals surface area contributed by atoms with Gasteiger partial charge >= 0.3 is 27.3 Å². The fourth-order valence-corrected chi connectivity index (χ4v) is 8.46. The lowest BCUT2D eigenvalue weighted by molar-refractivity contribution is -0.163. The number of H-pyrrole nitrogens is 1. The predicted molar refractivity (Wildman–Crippen MR) is 228 cm³/mol. The third-order valence-corrected chi connectivity index (χ3v) is 12.4. The molecule has 1 aliphatic rings. The Hall–Kier alpha value is -2.04. The van der Waals surface area contributed by atoms with Gasteiger partial charge in [-0.05, 0) is 32.6 Å². The molecule has 0 saturated carbocycles. The summed E-state index contributed by atoms with van der Waals surface area (Å²) in [7, 11) is -10.1. The number of aromatic nitrogens is 2. The second-order valence-corrected chi connectivity index (χ2v) is 18.6.